The Morgan fingerprint density at radius 2 is 2.44 bits per heavy atom. The summed E-state index contributed by atoms with van der Waals surface area (Å²) in [5, 5.41) is 0. The number of thioether (sulfide) groups is 1. The molecule has 0 bridgehead atoms. The highest BCUT2D eigenvalue weighted by molar-refractivity contribution is 8.02. The molecule has 0 amide bonds. The molecular weight excluding hydrogens is 128 g/mol. The van der Waals surface area contributed by atoms with Gasteiger partial charge in [-0.3, -0.25) is 0 Å². The van der Waals surface area contributed by atoms with Crippen LogP contribution in [0.3, 0.4) is 0 Å². The summed E-state index contributed by atoms with van der Waals surface area (Å²) in [6, 6.07) is 0. The van der Waals surface area contributed by atoms with E-state index in [-0.39, 0.29) is 0 Å². The van der Waals surface area contributed by atoms with E-state index in [4.69, 9.17) is 0 Å². The first kappa shape index (κ1) is 7.20. The molecule has 0 saturated heterocycles. The van der Waals surface area contributed by atoms with Crippen molar-refractivity contribution in [2.24, 2.45) is 5.92 Å². The van der Waals surface area contributed by atoms with E-state index in [0.29, 0.717) is 0 Å². The second-order valence-electron chi connectivity index (χ2n) is 2.71. The van der Waals surface area contributed by atoms with Crippen molar-refractivity contribution in [1.29, 1.82) is 0 Å². The van der Waals surface area contributed by atoms with Crippen LogP contribution in [-0.4, -0.2) is 6.26 Å². The van der Waals surface area contributed by atoms with Gasteiger partial charge in [0, 0.05) is 0 Å². The minimum Gasteiger partial charge on any atom is -0.134 e. The van der Waals surface area contributed by atoms with Crippen LogP contribution in [0, 0.1) is 5.92 Å². The Balaban J connectivity index is 2.49. The Kier molecular flexibility index (Phi) is 2.65. The average molecular weight is 142 g/mol. The van der Waals surface area contributed by atoms with Crippen molar-refractivity contribution in [1.82, 2.24) is 0 Å². The Bertz CT molecular complexity index is 116. The quantitative estimate of drug-likeness (QED) is 0.542. The Morgan fingerprint density at radius 3 is 2.89 bits per heavy atom. The topological polar surface area (TPSA) is 0 Å². The lowest BCUT2D eigenvalue weighted by Gasteiger charge is -2.15. The molecule has 0 spiro atoms. The standard InChI is InChI=1S/C8H14S/c1-7-4-3-5-8(6-7)9-2/h6-7H,3-5H2,1-2H3/t7-/m1/s1. The molecular formula is C8H14S. The largest absolute Gasteiger partial charge is 0.134 e. The molecule has 0 aromatic heterocycles. The van der Waals surface area contributed by atoms with Crippen molar-refractivity contribution in [3.8, 4) is 0 Å². The fraction of sp³-hybridized carbons (Fsp3) is 0.750. The predicted molar refractivity (Wildman–Crippen MR) is 44.6 cm³/mol. The lowest BCUT2D eigenvalue weighted by molar-refractivity contribution is 0.580. The van der Waals surface area contributed by atoms with E-state index < -0.39 is 0 Å². The molecule has 1 rings (SSSR count). The monoisotopic (exact) mass is 142 g/mol. The molecule has 0 heterocycles. The molecule has 0 N–H and O–H groups in total. The van der Waals surface area contributed by atoms with Crippen LogP contribution >= 0.6 is 11.8 Å². The average Bonchev–Trinajstić information content (AvgIpc) is 1.88. The normalized spacial score (nSPS) is 27.8. The first-order valence-corrected chi connectivity index (χ1v) is 4.80. The molecule has 0 saturated carbocycles. The maximum atomic E-state index is 2.41. The molecule has 0 unspecified atom stereocenters. The third kappa shape index (κ3) is 2.05. The molecule has 1 aliphatic rings. The van der Waals surface area contributed by atoms with Crippen LogP contribution in [0.4, 0.5) is 0 Å². The van der Waals surface area contributed by atoms with Gasteiger partial charge in [0.25, 0.3) is 0 Å². The first-order chi connectivity index (χ1) is 4.33. The van der Waals surface area contributed by atoms with Gasteiger partial charge in [0.2, 0.25) is 0 Å². The van der Waals surface area contributed by atoms with Gasteiger partial charge in [-0.25, -0.2) is 0 Å². The number of rotatable bonds is 1. The summed E-state index contributed by atoms with van der Waals surface area (Å²) in [7, 11) is 0. The summed E-state index contributed by atoms with van der Waals surface area (Å²) in [6.07, 6.45) is 8.70. The van der Waals surface area contributed by atoms with Gasteiger partial charge in [-0.1, -0.05) is 13.0 Å². The van der Waals surface area contributed by atoms with Gasteiger partial charge in [-0.15, -0.1) is 11.8 Å². The molecule has 0 aromatic rings. The van der Waals surface area contributed by atoms with Crippen LogP contribution in [0.1, 0.15) is 26.2 Å². The van der Waals surface area contributed by atoms with Crippen LogP contribution in [0.5, 0.6) is 0 Å². The van der Waals surface area contributed by atoms with Gasteiger partial charge in [0.15, 0.2) is 0 Å². The van der Waals surface area contributed by atoms with Gasteiger partial charge in [-0.05, 0) is 36.3 Å². The molecule has 0 fully saturated rings. The van der Waals surface area contributed by atoms with Crippen LogP contribution < -0.4 is 0 Å². The summed E-state index contributed by atoms with van der Waals surface area (Å²) >= 11 is 1.91. The summed E-state index contributed by atoms with van der Waals surface area (Å²) < 4.78 is 0. The van der Waals surface area contributed by atoms with Gasteiger partial charge in [0.05, 0.1) is 0 Å². The Morgan fingerprint density at radius 1 is 1.67 bits per heavy atom. The van der Waals surface area contributed by atoms with E-state index in [1.807, 2.05) is 11.8 Å². The van der Waals surface area contributed by atoms with Gasteiger partial charge in [-0.2, -0.15) is 0 Å². The molecule has 0 nitrogen and oxygen atoms in total. The predicted octanol–water partition coefficient (Wildman–Crippen LogP) is 3.05. The highest BCUT2D eigenvalue weighted by atomic mass is 32.2. The maximum Gasteiger partial charge on any atom is -0.0140 e. The zero-order chi connectivity index (χ0) is 6.69. The molecule has 1 aliphatic carbocycles. The van der Waals surface area contributed by atoms with E-state index in [9.17, 15) is 0 Å². The van der Waals surface area contributed by atoms with Crippen LogP contribution in [0.15, 0.2) is 11.0 Å². The Hall–Kier alpha value is 0.0900. The number of hydrogen-bond donors (Lipinski definition) is 0. The minimum absolute atomic E-state index is 0.834. The summed E-state index contributed by atoms with van der Waals surface area (Å²) in [5.41, 5.74) is 0. The van der Waals surface area contributed by atoms with Crippen LogP contribution in [-0.2, 0) is 0 Å². The second kappa shape index (κ2) is 3.31. The third-order valence-electron chi connectivity index (χ3n) is 1.82. The smallest absolute Gasteiger partial charge is 0.0140 e. The summed E-state index contributed by atoms with van der Waals surface area (Å²) in [4.78, 5) is 1.59. The van der Waals surface area contributed by atoms with Crippen molar-refractivity contribution in [2.45, 2.75) is 26.2 Å². The molecule has 52 valence electrons. The summed E-state index contributed by atoms with van der Waals surface area (Å²) in [5.74, 6) is 0.834. The molecule has 1 heteroatoms. The van der Waals surface area contributed by atoms with Crippen LogP contribution in [0.25, 0.3) is 0 Å². The lowest BCUT2D eigenvalue weighted by atomic mass is 9.98. The molecule has 9 heavy (non-hydrogen) atoms. The summed E-state index contributed by atoms with van der Waals surface area (Å²) in [6.45, 7) is 2.30. The van der Waals surface area contributed by atoms with Gasteiger partial charge < -0.3 is 0 Å². The Labute approximate surface area is 61.7 Å². The first-order valence-electron chi connectivity index (χ1n) is 3.57. The van der Waals surface area contributed by atoms with Crippen LogP contribution in [0.2, 0.25) is 0 Å². The molecule has 0 aromatic carbocycles. The van der Waals surface area contributed by atoms with Gasteiger partial charge in [0.1, 0.15) is 0 Å². The zero-order valence-electron chi connectivity index (χ0n) is 6.18. The zero-order valence-corrected chi connectivity index (χ0v) is 7.00. The molecule has 1 atom stereocenters. The third-order valence-corrected chi connectivity index (χ3v) is 2.68. The highest BCUT2D eigenvalue weighted by Crippen LogP contribution is 2.28. The van der Waals surface area contributed by atoms with Crippen molar-refractivity contribution < 1.29 is 0 Å². The maximum absolute atomic E-state index is 2.41. The van der Waals surface area contributed by atoms with Crippen molar-refractivity contribution >= 4 is 11.8 Å². The lowest BCUT2D eigenvalue weighted by Crippen LogP contribution is -1.97. The van der Waals surface area contributed by atoms with Crippen molar-refractivity contribution in [3.05, 3.63) is 11.0 Å². The van der Waals surface area contributed by atoms with E-state index in [1.165, 1.54) is 19.3 Å². The van der Waals surface area contributed by atoms with E-state index in [0.717, 1.165) is 5.92 Å². The van der Waals surface area contributed by atoms with E-state index in [1.54, 1.807) is 4.91 Å². The highest BCUT2D eigenvalue weighted by Gasteiger charge is 2.07. The molecule has 0 aliphatic heterocycles. The fourth-order valence-electron chi connectivity index (χ4n) is 1.25. The van der Waals surface area contributed by atoms with Crippen molar-refractivity contribution in [2.75, 3.05) is 6.26 Å². The fourth-order valence-corrected chi connectivity index (χ4v) is 1.97. The number of allylic oxidation sites excluding steroid dienone is 2. The van der Waals surface area contributed by atoms with E-state index >= 15 is 0 Å². The SMILES string of the molecule is CSC1=C[C@H](C)CCC1. The minimum atomic E-state index is 0.834. The second-order valence-corrected chi connectivity index (χ2v) is 3.64. The van der Waals surface area contributed by atoms with E-state index in [2.05, 4.69) is 19.3 Å². The number of hydrogen-bond acceptors (Lipinski definition) is 1. The molecule has 0 radical (unpaired) electrons. The van der Waals surface area contributed by atoms with Gasteiger partial charge >= 0.3 is 0 Å². The van der Waals surface area contributed by atoms with Crippen molar-refractivity contribution in [3.63, 3.8) is 0 Å².